The van der Waals surface area contributed by atoms with Gasteiger partial charge in [0, 0.05) is 3.57 Å². The van der Waals surface area contributed by atoms with Crippen LogP contribution in [-0.2, 0) is 16.0 Å². The molecule has 142 valence electrons. The molecule has 0 atom stereocenters. The van der Waals surface area contributed by atoms with E-state index >= 15 is 0 Å². The standard InChI is InChI=1S/C21H33IO2Te/c1-24-21(23)12-8-10-18-25-17-9-6-4-2-3-5-7-11-19-13-15-20(22)16-14-19/h13-16H,2-12,17-18H2,1H3. The molecular weight excluding hydrogens is 539 g/mol. The molecule has 1 rings (SSSR count). The van der Waals surface area contributed by atoms with Crippen LogP contribution in [0.25, 0.3) is 0 Å². The number of aryl methyl sites for hydroxylation is 1. The number of esters is 1. The molecule has 2 nitrogen and oxygen atoms in total. The van der Waals surface area contributed by atoms with E-state index in [4.69, 9.17) is 0 Å². The predicted octanol–water partition coefficient (Wildman–Crippen LogP) is 6.45. The van der Waals surface area contributed by atoms with Crippen LogP contribution in [0.4, 0.5) is 0 Å². The summed E-state index contributed by atoms with van der Waals surface area (Å²) in [5.74, 6) is -0.0564. The fourth-order valence-corrected chi connectivity index (χ4v) is 6.02. The Balaban J connectivity index is 1.77. The Bertz CT molecular complexity index is 448. The van der Waals surface area contributed by atoms with Crippen LogP contribution in [0.3, 0.4) is 0 Å². The van der Waals surface area contributed by atoms with E-state index in [0.717, 1.165) is 6.42 Å². The zero-order valence-corrected chi connectivity index (χ0v) is 20.1. The van der Waals surface area contributed by atoms with Crippen LogP contribution in [0.5, 0.6) is 0 Å². The number of rotatable bonds is 15. The summed E-state index contributed by atoms with van der Waals surface area (Å²) in [6.45, 7) is 0. The van der Waals surface area contributed by atoms with Gasteiger partial charge < -0.3 is 0 Å². The summed E-state index contributed by atoms with van der Waals surface area (Å²) in [6, 6.07) is 8.94. The second kappa shape index (κ2) is 16.4. The van der Waals surface area contributed by atoms with Crippen LogP contribution in [-0.4, -0.2) is 34.0 Å². The van der Waals surface area contributed by atoms with Gasteiger partial charge in [0.2, 0.25) is 0 Å². The van der Waals surface area contributed by atoms with Gasteiger partial charge in [-0.15, -0.1) is 0 Å². The van der Waals surface area contributed by atoms with Crippen LogP contribution in [0.1, 0.15) is 69.8 Å². The van der Waals surface area contributed by atoms with Crippen LogP contribution in [0.2, 0.25) is 8.94 Å². The Hall–Kier alpha value is 0.210. The number of ether oxygens (including phenoxy) is 1. The predicted molar refractivity (Wildman–Crippen MR) is 116 cm³/mol. The van der Waals surface area contributed by atoms with E-state index in [9.17, 15) is 4.79 Å². The monoisotopic (exact) mass is 574 g/mol. The number of benzene rings is 1. The zero-order valence-electron chi connectivity index (χ0n) is 15.6. The Morgan fingerprint density at radius 1 is 0.880 bits per heavy atom. The van der Waals surface area contributed by atoms with Crippen molar-refractivity contribution in [2.45, 2.75) is 79.6 Å². The van der Waals surface area contributed by atoms with Crippen LogP contribution in [0.15, 0.2) is 24.3 Å². The van der Waals surface area contributed by atoms with E-state index in [1.54, 1.807) is 0 Å². The third-order valence-corrected chi connectivity index (χ3v) is 8.33. The summed E-state index contributed by atoms with van der Waals surface area (Å²) >= 11 is 2.57. The summed E-state index contributed by atoms with van der Waals surface area (Å²) in [5.41, 5.74) is 1.48. The first-order chi connectivity index (χ1) is 12.2. The fraction of sp³-hybridized carbons (Fsp3) is 0.667. The molecule has 4 heteroatoms. The molecule has 0 spiro atoms. The number of hydrogen-bond donors (Lipinski definition) is 0. The first-order valence-corrected chi connectivity index (χ1v) is 14.0. The van der Waals surface area contributed by atoms with Gasteiger partial charge in [0.05, 0.1) is 0 Å². The molecule has 25 heavy (non-hydrogen) atoms. The first kappa shape index (κ1) is 23.2. The van der Waals surface area contributed by atoms with Crippen molar-refractivity contribution < 1.29 is 9.53 Å². The molecule has 1 aromatic rings. The SMILES string of the molecule is COC(=O)CCCC[Te]CCCCCCCCCc1ccc(I)cc1. The Kier molecular flexibility index (Phi) is 15.2. The quantitative estimate of drug-likeness (QED) is 0.105. The third kappa shape index (κ3) is 14.0. The number of carbonyl (C=O) groups is 1. The van der Waals surface area contributed by atoms with Crippen LogP contribution < -0.4 is 0 Å². The molecule has 0 amide bonds. The van der Waals surface area contributed by atoms with Gasteiger partial charge in [-0.3, -0.25) is 0 Å². The maximum absolute atomic E-state index is 11.0. The van der Waals surface area contributed by atoms with Crippen molar-refractivity contribution in [3.8, 4) is 0 Å². The Morgan fingerprint density at radius 2 is 1.44 bits per heavy atom. The van der Waals surface area contributed by atoms with E-state index in [1.165, 1.54) is 83.0 Å². The molecule has 0 radical (unpaired) electrons. The van der Waals surface area contributed by atoms with Gasteiger partial charge in [0.15, 0.2) is 0 Å². The fourth-order valence-electron chi connectivity index (χ4n) is 2.75. The normalized spacial score (nSPS) is 10.8. The molecule has 0 heterocycles. The van der Waals surface area contributed by atoms with Gasteiger partial charge in [-0.2, -0.15) is 0 Å². The van der Waals surface area contributed by atoms with E-state index < -0.39 is 0 Å². The van der Waals surface area contributed by atoms with Crippen molar-refractivity contribution in [1.29, 1.82) is 0 Å². The summed E-state index contributed by atoms with van der Waals surface area (Å²) < 4.78 is 8.85. The molecule has 0 N–H and O–H groups in total. The minimum atomic E-state index is -0.0564. The third-order valence-electron chi connectivity index (χ3n) is 4.31. The van der Waals surface area contributed by atoms with Crippen molar-refractivity contribution in [3.63, 3.8) is 0 Å². The molecule has 0 saturated heterocycles. The van der Waals surface area contributed by atoms with Crippen molar-refractivity contribution in [2.24, 2.45) is 0 Å². The summed E-state index contributed by atoms with van der Waals surface area (Å²) in [4.78, 5) is 11.0. The van der Waals surface area contributed by atoms with Crippen molar-refractivity contribution in [2.75, 3.05) is 7.11 Å². The molecule has 0 aliphatic carbocycles. The van der Waals surface area contributed by atoms with Gasteiger partial charge in [-0.25, -0.2) is 0 Å². The molecule has 0 saturated carbocycles. The van der Waals surface area contributed by atoms with E-state index in [1.807, 2.05) is 0 Å². The summed E-state index contributed by atoms with van der Waals surface area (Å²) in [5, 5.41) is 0. The van der Waals surface area contributed by atoms with Gasteiger partial charge >= 0.3 is 153 Å². The molecule has 1 aromatic carbocycles. The molecule has 0 aliphatic heterocycles. The van der Waals surface area contributed by atoms with Crippen molar-refractivity contribution in [1.82, 2.24) is 0 Å². The van der Waals surface area contributed by atoms with Gasteiger partial charge in [0.1, 0.15) is 0 Å². The molecule has 0 aromatic heterocycles. The van der Waals surface area contributed by atoms with Crippen molar-refractivity contribution >= 4 is 49.5 Å². The number of carbonyl (C=O) groups excluding carboxylic acids is 1. The van der Waals surface area contributed by atoms with Gasteiger partial charge in [-0.05, 0) is 22.6 Å². The number of methoxy groups -OCH3 is 1. The first-order valence-electron chi connectivity index (χ1n) is 9.61. The van der Waals surface area contributed by atoms with E-state index in [2.05, 4.69) is 51.6 Å². The average molecular weight is 572 g/mol. The van der Waals surface area contributed by atoms with Crippen LogP contribution >= 0.6 is 22.6 Å². The number of hydrogen-bond acceptors (Lipinski definition) is 2. The number of unbranched alkanes of at least 4 members (excludes halogenated alkanes) is 7. The average Bonchev–Trinajstić information content (AvgIpc) is 2.63. The number of halogens is 1. The summed E-state index contributed by atoms with van der Waals surface area (Å²) in [7, 11) is 1.47. The van der Waals surface area contributed by atoms with E-state index in [0.29, 0.717) is 6.42 Å². The minimum absolute atomic E-state index is 0.0564. The van der Waals surface area contributed by atoms with Gasteiger partial charge in [0.25, 0.3) is 0 Å². The van der Waals surface area contributed by atoms with Gasteiger partial charge in [-0.1, -0.05) is 0 Å². The zero-order chi connectivity index (χ0) is 18.2. The van der Waals surface area contributed by atoms with Crippen LogP contribution in [0, 0.1) is 3.57 Å². The van der Waals surface area contributed by atoms with E-state index in [-0.39, 0.29) is 26.9 Å². The Morgan fingerprint density at radius 3 is 2.08 bits per heavy atom. The topological polar surface area (TPSA) is 26.3 Å². The molecule has 0 fully saturated rings. The molecule has 0 unspecified atom stereocenters. The second-order valence-corrected chi connectivity index (χ2v) is 11.2. The summed E-state index contributed by atoms with van der Waals surface area (Å²) in [6.07, 6.45) is 13.9. The second-order valence-electron chi connectivity index (χ2n) is 6.50. The van der Waals surface area contributed by atoms with Crippen molar-refractivity contribution in [3.05, 3.63) is 33.4 Å². The molecule has 0 bridgehead atoms. The Labute approximate surface area is 178 Å². The molecular formula is C21H33IO2Te. The molecule has 0 aliphatic rings. The maximum atomic E-state index is 11.0.